The molecule has 0 radical (unpaired) electrons. The van der Waals surface area contributed by atoms with Gasteiger partial charge in [-0.2, -0.15) is 0 Å². The van der Waals surface area contributed by atoms with E-state index in [-0.39, 0.29) is 11.8 Å². The zero-order valence-corrected chi connectivity index (χ0v) is 23.2. The molecule has 0 spiro atoms. The van der Waals surface area contributed by atoms with Gasteiger partial charge in [0.05, 0.1) is 0 Å². The number of amides is 1. The highest BCUT2D eigenvalue weighted by molar-refractivity contribution is 5.76. The molecule has 33 heavy (non-hydrogen) atoms. The van der Waals surface area contributed by atoms with Gasteiger partial charge in [0.25, 0.3) is 0 Å². The number of carbonyl (C=O) groups is 1. The standard InChI is InChI=1S/C31H63NO/c1-3-4-5-6-7-8-9-10-11-12-13-14-15-16-17-18-19-20-21-22-23-24-25-26-27-28-29-30(2)31(32)33/h30H,3-29H2,1-2H3,(H2,32,33). The molecule has 2 nitrogen and oxygen atoms in total. The van der Waals surface area contributed by atoms with Crippen molar-refractivity contribution in [1.82, 2.24) is 0 Å². The van der Waals surface area contributed by atoms with E-state index in [1.165, 1.54) is 161 Å². The maximum Gasteiger partial charge on any atom is 0.220 e. The van der Waals surface area contributed by atoms with Gasteiger partial charge in [0.15, 0.2) is 0 Å². The number of hydrogen-bond acceptors (Lipinski definition) is 1. The average Bonchev–Trinajstić information content (AvgIpc) is 2.81. The lowest BCUT2D eigenvalue weighted by atomic mass is 10.0. The molecule has 0 aromatic rings. The lowest BCUT2D eigenvalue weighted by Crippen LogP contribution is -2.20. The van der Waals surface area contributed by atoms with Crippen LogP contribution in [-0.4, -0.2) is 5.91 Å². The lowest BCUT2D eigenvalue weighted by Gasteiger charge is -2.06. The third-order valence-corrected chi connectivity index (χ3v) is 7.48. The topological polar surface area (TPSA) is 43.1 Å². The number of primary amides is 1. The molecule has 0 aromatic carbocycles. The Morgan fingerprint density at radius 3 is 0.879 bits per heavy atom. The summed E-state index contributed by atoms with van der Waals surface area (Å²) in [6, 6.07) is 0. The number of carbonyl (C=O) groups excluding carboxylic acids is 1. The second kappa shape index (κ2) is 27.7. The van der Waals surface area contributed by atoms with Gasteiger partial charge in [0.2, 0.25) is 5.91 Å². The van der Waals surface area contributed by atoms with Crippen molar-refractivity contribution in [2.75, 3.05) is 0 Å². The molecule has 0 aliphatic rings. The summed E-state index contributed by atoms with van der Waals surface area (Å²) in [5.41, 5.74) is 5.30. The molecule has 0 saturated carbocycles. The predicted molar refractivity (Wildman–Crippen MR) is 149 cm³/mol. The van der Waals surface area contributed by atoms with Gasteiger partial charge >= 0.3 is 0 Å². The highest BCUT2D eigenvalue weighted by Gasteiger charge is 2.07. The van der Waals surface area contributed by atoms with E-state index in [9.17, 15) is 4.79 Å². The molecule has 0 aliphatic heterocycles. The molecule has 2 heteroatoms. The maximum absolute atomic E-state index is 11.0. The van der Waals surface area contributed by atoms with Crippen molar-refractivity contribution in [1.29, 1.82) is 0 Å². The fourth-order valence-corrected chi connectivity index (χ4v) is 4.91. The van der Waals surface area contributed by atoms with Crippen LogP contribution in [-0.2, 0) is 4.79 Å². The zero-order valence-electron chi connectivity index (χ0n) is 23.2. The maximum atomic E-state index is 11.0. The first-order valence-corrected chi connectivity index (χ1v) is 15.5. The second-order valence-electron chi connectivity index (χ2n) is 10.9. The Morgan fingerprint density at radius 1 is 0.455 bits per heavy atom. The van der Waals surface area contributed by atoms with E-state index >= 15 is 0 Å². The third kappa shape index (κ3) is 27.6. The van der Waals surface area contributed by atoms with E-state index in [0.29, 0.717) is 0 Å². The van der Waals surface area contributed by atoms with Crippen LogP contribution in [0.1, 0.15) is 187 Å². The van der Waals surface area contributed by atoms with Gasteiger partial charge in [-0.15, -0.1) is 0 Å². The molecular weight excluding hydrogens is 402 g/mol. The first-order valence-electron chi connectivity index (χ1n) is 15.5. The van der Waals surface area contributed by atoms with Crippen LogP contribution in [0.2, 0.25) is 0 Å². The Balaban J connectivity index is 3.04. The minimum atomic E-state index is -0.144. The minimum Gasteiger partial charge on any atom is -0.369 e. The van der Waals surface area contributed by atoms with Crippen molar-refractivity contribution in [2.45, 2.75) is 187 Å². The van der Waals surface area contributed by atoms with Gasteiger partial charge in [-0.25, -0.2) is 0 Å². The smallest absolute Gasteiger partial charge is 0.220 e. The molecule has 1 amide bonds. The molecule has 0 heterocycles. The van der Waals surface area contributed by atoms with E-state index in [4.69, 9.17) is 5.73 Å². The fourth-order valence-electron chi connectivity index (χ4n) is 4.91. The number of rotatable bonds is 28. The van der Waals surface area contributed by atoms with Crippen molar-refractivity contribution >= 4 is 5.91 Å². The summed E-state index contributed by atoms with van der Waals surface area (Å²) >= 11 is 0. The Morgan fingerprint density at radius 2 is 0.667 bits per heavy atom. The van der Waals surface area contributed by atoms with Crippen molar-refractivity contribution in [3.8, 4) is 0 Å². The molecule has 1 unspecified atom stereocenters. The predicted octanol–water partition coefficient (Wildman–Crippen LogP) is 10.7. The quantitative estimate of drug-likeness (QED) is 0.115. The monoisotopic (exact) mass is 465 g/mol. The van der Waals surface area contributed by atoms with Crippen LogP contribution < -0.4 is 5.73 Å². The molecule has 0 bridgehead atoms. The van der Waals surface area contributed by atoms with Crippen molar-refractivity contribution in [2.24, 2.45) is 11.7 Å². The molecule has 0 aromatic heterocycles. The molecule has 198 valence electrons. The van der Waals surface area contributed by atoms with Crippen LogP contribution in [0.25, 0.3) is 0 Å². The van der Waals surface area contributed by atoms with E-state index in [1.807, 2.05) is 6.92 Å². The zero-order chi connectivity index (χ0) is 24.2. The summed E-state index contributed by atoms with van der Waals surface area (Å²) in [5.74, 6) is -0.0889. The SMILES string of the molecule is CCCCCCCCCCCCCCCCCCCCCCCCCCCCC(C)C(N)=O. The van der Waals surface area contributed by atoms with Crippen LogP contribution in [0.4, 0.5) is 0 Å². The molecule has 0 fully saturated rings. The highest BCUT2D eigenvalue weighted by Crippen LogP contribution is 2.16. The molecule has 1 atom stereocenters. The van der Waals surface area contributed by atoms with E-state index in [0.717, 1.165) is 12.8 Å². The largest absolute Gasteiger partial charge is 0.369 e. The normalized spacial score (nSPS) is 12.3. The van der Waals surface area contributed by atoms with Crippen LogP contribution in [0.3, 0.4) is 0 Å². The van der Waals surface area contributed by atoms with Gasteiger partial charge in [0.1, 0.15) is 0 Å². The Labute approximate surface area is 209 Å². The van der Waals surface area contributed by atoms with Gasteiger partial charge in [0, 0.05) is 5.92 Å². The van der Waals surface area contributed by atoms with Gasteiger partial charge < -0.3 is 5.73 Å². The Hall–Kier alpha value is -0.530. The fraction of sp³-hybridized carbons (Fsp3) is 0.968. The van der Waals surface area contributed by atoms with E-state index < -0.39 is 0 Å². The number of nitrogens with two attached hydrogens (primary N) is 1. The molecule has 0 aliphatic carbocycles. The summed E-state index contributed by atoms with van der Waals surface area (Å²) in [5, 5.41) is 0. The van der Waals surface area contributed by atoms with Crippen LogP contribution >= 0.6 is 0 Å². The van der Waals surface area contributed by atoms with Gasteiger partial charge in [-0.1, -0.05) is 181 Å². The van der Waals surface area contributed by atoms with E-state index in [1.54, 1.807) is 0 Å². The highest BCUT2D eigenvalue weighted by atomic mass is 16.1. The molecule has 0 rings (SSSR count). The van der Waals surface area contributed by atoms with Crippen molar-refractivity contribution < 1.29 is 4.79 Å². The summed E-state index contributed by atoms with van der Waals surface area (Å²) in [6.07, 6.45) is 38.0. The molecule has 2 N–H and O–H groups in total. The van der Waals surface area contributed by atoms with Crippen LogP contribution in [0.5, 0.6) is 0 Å². The van der Waals surface area contributed by atoms with Crippen molar-refractivity contribution in [3.63, 3.8) is 0 Å². The molecular formula is C31H63NO. The summed E-state index contributed by atoms with van der Waals surface area (Å²) in [7, 11) is 0. The summed E-state index contributed by atoms with van der Waals surface area (Å²) in [6.45, 7) is 4.25. The summed E-state index contributed by atoms with van der Waals surface area (Å²) < 4.78 is 0. The lowest BCUT2D eigenvalue weighted by molar-refractivity contribution is -0.121. The average molecular weight is 466 g/mol. The van der Waals surface area contributed by atoms with Crippen LogP contribution in [0, 0.1) is 5.92 Å². The first kappa shape index (κ1) is 32.5. The number of unbranched alkanes of at least 4 members (excludes halogenated alkanes) is 25. The number of hydrogen-bond donors (Lipinski definition) is 1. The minimum absolute atomic E-state index is 0.0550. The van der Waals surface area contributed by atoms with Gasteiger partial charge in [-0.3, -0.25) is 4.79 Å². The molecule has 0 saturated heterocycles. The van der Waals surface area contributed by atoms with Crippen molar-refractivity contribution in [3.05, 3.63) is 0 Å². The second-order valence-corrected chi connectivity index (χ2v) is 10.9. The van der Waals surface area contributed by atoms with Crippen LogP contribution in [0.15, 0.2) is 0 Å². The van der Waals surface area contributed by atoms with E-state index in [2.05, 4.69) is 6.92 Å². The first-order chi connectivity index (χ1) is 16.2. The van der Waals surface area contributed by atoms with Gasteiger partial charge in [-0.05, 0) is 6.42 Å². The Bertz CT molecular complexity index is 381. The summed E-state index contributed by atoms with van der Waals surface area (Å²) in [4.78, 5) is 11.0. The third-order valence-electron chi connectivity index (χ3n) is 7.48. The Kier molecular flexibility index (Phi) is 27.3.